The van der Waals surface area contributed by atoms with E-state index >= 15 is 0 Å². The van der Waals surface area contributed by atoms with E-state index in [0.29, 0.717) is 31.1 Å². The van der Waals surface area contributed by atoms with Crippen LogP contribution in [-0.2, 0) is 17.6 Å². The van der Waals surface area contributed by atoms with Gasteiger partial charge in [-0.3, -0.25) is 4.79 Å². The van der Waals surface area contributed by atoms with Crippen LogP contribution < -0.4 is 0 Å². The van der Waals surface area contributed by atoms with Gasteiger partial charge in [-0.1, -0.05) is 95.6 Å². The van der Waals surface area contributed by atoms with Gasteiger partial charge in [-0.05, 0) is 31.4 Å². The summed E-state index contributed by atoms with van der Waals surface area (Å²) in [6.07, 6.45) is 1.68. The largest absolute Gasteiger partial charge is 0.339 e. The Morgan fingerprint density at radius 3 is 2.27 bits per heavy atom. The first-order chi connectivity index (χ1) is 16.1. The number of amides is 1. The van der Waals surface area contributed by atoms with Gasteiger partial charge in [-0.15, -0.1) is 0 Å². The lowest BCUT2D eigenvalue weighted by Gasteiger charge is -2.29. The highest BCUT2D eigenvalue weighted by Crippen LogP contribution is 2.23. The minimum Gasteiger partial charge on any atom is -0.339 e. The fourth-order valence-corrected chi connectivity index (χ4v) is 3.88. The first-order valence-electron chi connectivity index (χ1n) is 11.4. The second kappa shape index (κ2) is 10.7. The Kier molecular flexibility index (Phi) is 7.30. The zero-order chi connectivity index (χ0) is 23.0. The zero-order valence-electron chi connectivity index (χ0n) is 19.1. The highest BCUT2D eigenvalue weighted by molar-refractivity contribution is 5.77. The average Bonchev–Trinajstić information content (AvgIpc) is 3.33. The average molecular weight is 440 g/mol. The second-order valence-corrected chi connectivity index (χ2v) is 8.29. The third kappa shape index (κ3) is 5.95. The number of carbonyl (C=O) groups excluding carboxylic acids is 1. The van der Waals surface area contributed by atoms with Crippen LogP contribution in [0.15, 0.2) is 89.5 Å². The first-order valence-corrected chi connectivity index (χ1v) is 11.4. The van der Waals surface area contributed by atoms with Crippen molar-refractivity contribution < 1.29 is 9.32 Å². The van der Waals surface area contributed by atoms with E-state index in [9.17, 15) is 4.79 Å². The summed E-state index contributed by atoms with van der Waals surface area (Å²) in [7, 11) is 0. The van der Waals surface area contributed by atoms with Crippen molar-refractivity contribution in [3.05, 3.63) is 108 Å². The van der Waals surface area contributed by atoms with Crippen LogP contribution >= 0.6 is 0 Å². The van der Waals surface area contributed by atoms with Gasteiger partial charge in [0.1, 0.15) is 0 Å². The summed E-state index contributed by atoms with van der Waals surface area (Å²) in [5.74, 6) is 1.23. The van der Waals surface area contributed by atoms with Crippen LogP contribution in [0.1, 0.15) is 42.0 Å². The van der Waals surface area contributed by atoms with E-state index in [4.69, 9.17) is 4.52 Å². The van der Waals surface area contributed by atoms with Crippen molar-refractivity contribution in [2.24, 2.45) is 0 Å². The minimum atomic E-state index is -0.0473. The highest BCUT2D eigenvalue weighted by Gasteiger charge is 2.22. The van der Waals surface area contributed by atoms with E-state index in [1.54, 1.807) is 0 Å². The zero-order valence-corrected chi connectivity index (χ0v) is 19.1. The van der Waals surface area contributed by atoms with Crippen molar-refractivity contribution in [3.63, 3.8) is 0 Å². The summed E-state index contributed by atoms with van der Waals surface area (Å²) in [6.45, 7) is 4.63. The summed E-state index contributed by atoms with van der Waals surface area (Å²) in [4.78, 5) is 19.7. The second-order valence-electron chi connectivity index (χ2n) is 8.29. The van der Waals surface area contributed by atoms with Crippen LogP contribution in [0.25, 0.3) is 11.4 Å². The van der Waals surface area contributed by atoms with Gasteiger partial charge in [0.2, 0.25) is 17.6 Å². The smallest absolute Gasteiger partial charge is 0.228 e. The van der Waals surface area contributed by atoms with E-state index < -0.39 is 0 Å². The molecule has 4 rings (SSSR count). The Bertz CT molecular complexity index is 1150. The van der Waals surface area contributed by atoms with Crippen molar-refractivity contribution in [1.29, 1.82) is 0 Å². The molecule has 1 amide bonds. The molecule has 168 valence electrons. The molecule has 1 atom stereocenters. The van der Waals surface area contributed by atoms with Gasteiger partial charge < -0.3 is 9.42 Å². The van der Waals surface area contributed by atoms with Gasteiger partial charge in [-0.2, -0.15) is 4.98 Å². The van der Waals surface area contributed by atoms with Crippen LogP contribution in [0.2, 0.25) is 0 Å². The number of carbonyl (C=O) groups is 1. The molecule has 4 aromatic rings. The molecule has 0 spiro atoms. The van der Waals surface area contributed by atoms with Crippen molar-refractivity contribution in [3.8, 4) is 11.4 Å². The van der Waals surface area contributed by atoms with Crippen molar-refractivity contribution in [2.75, 3.05) is 6.54 Å². The molecule has 0 fully saturated rings. The van der Waals surface area contributed by atoms with Crippen LogP contribution in [-0.4, -0.2) is 27.5 Å². The van der Waals surface area contributed by atoms with Gasteiger partial charge in [0.25, 0.3) is 0 Å². The SMILES string of the molecule is Cc1ccc(-c2noc(CCN(C(=O)CCc3ccccc3)C(C)c3ccccc3)n2)cc1. The van der Waals surface area contributed by atoms with Gasteiger partial charge >= 0.3 is 0 Å². The van der Waals surface area contributed by atoms with Crippen molar-refractivity contribution in [2.45, 2.75) is 39.2 Å². The monoisotopic (exact) mass is 439 g/mol. The molecule has 1 unspecified atom stereocenters. The molecule has 3 aromatic carbocycles. The summed E-state index contributed by atoms with van der Waals surface area (Å²) in [5.41, 5.74) is 4.38. The van der Waals surface area contributed by atoms with Crippen LogP contribution in [0, 0.1) is 6.92 Å². The normalized spacial score (nSPS) is 11.8. The Morgan fingerprint density at radius 1 is 0.909 bits per heavy atom. The molecule has 0 radical (unpaired) electrons. The Balaban J connectivity index is 1.46. The van der Waals surface area contributed by atoms with Crippen molar-refractivity contribution in [1.82, 2.24) is 15.0 Å². The number of hydrogen-bond acceptors (Lipinski definition) is 4. The number of hydrogen-bond donors (Lipinski definition) is 0. The Morgan fingerprint density at radius 2 is 1.58 bits per heavy atom. The molecule has 0 aliphatic carbocycles. The molecule has 0 aliphatic rings. The van der Waals surface area contributed by atoms with Crippen molar-refractivity contribution >= 4 is 5.91 Å². The fraction of sp³-hybridized carbons (Fsp3) is 0.250. The quantitative estimate of drug-likeness (QED) is 0.330. The number of nitrogens with zero attached hydrogens (tertiary/aromatic N) is 3. The van der Waals surface area contributed by atoms with Gasteiger partial charge in [0, 0.05) is 24.9 Å². The third-order valence-corrected chi connectivity index (χ3v) is 5.88. The molecule has 0 bridgehead atoms. The van der Waals surface area contributed by atoms with Crippen LogP contribution in [0.5, 0.6) is 0 Å². The lowest BCUT2D eigenvalue weighted by molar-refractivity contribution is -0.133. The van der Waals surface area contributed by atoms with E-state index in [1.807, 2.05) is 72.5 Å². The maximum Gasteiger partial charge on any atom is 0.228 e. The van der Waals surface area contributed by atoms with E-state index in [2.05, 4.69) is 41.3 Å². The summed E-state index contributed by atoms with van der Waals surface area (Å²) in [5, 5.41) is 4.13. The predicted octanol–water partition coefficient (Wildman–Crippen LogP) is 5.81. The number of rotatable bonds is 9. The third-order valence-electron chi connectivity index (χ3n) is 5.88. The molecule has 1 heterocycles. The Hall–Kier alpha value is -3.73. The molecule has 0 N–H and O–H groups in total. The molecule has 5 nitrogen and oxygen atoms in total. The topological polar surface area (TPSA) is 59.2 Å². The molecular formula is C28H29N3O2. The summed E-state index contributed by atoms with van der Waals surface area (Å²) < 4.78 is 5.50. The van der Waals surface area contributed by atoms with Crippen LogP contribution in [0.4, 0.5) is 0 Å². The standard InChI is InChI=1S/C28H29N3O2/c1-21-13-16-25(17-14-21)28-29-26(33-30-28)19-20-31(22(2)24-11-7-4-8-12-24)27(32)18-15-23-9-5-3-6-10-23/h3-14,16-17,22H,15,18-20H2,1-2H3. The van der Waals surface area contributed by atoms with E-state index in [-0.39, 0.29) is 11.9 Å². The summed E-state index contributed by atoms with van der Waals surface area (Å²) >= 11 is 0. The van der Waals surface area contributed by atoms with Gasteiger partial charge in [-0.25, -0.2) is 0 Å². The van der Waals surface area contributed by atoms with E-state index in [1.165, 1.54) is 5.56 Å². The fourth-order valence-electron chi connectivity index (χ4n) is 3.88. The Labute approximate surface area is 195 Å². The van der Waals surface area contributed by atoms with Gasteiger partial charge in [0.15, 0.2) is 0 Å². The number of aryl methyl sites for hydroxylation is 2. The molecule has 0 aliphatic heterocycles. The maximum atomic E-state index is 13.3. The lowest BCUT2D eigenvalue weighted by atomic mass is 10.0. The molecule has 33 heavy (non-hydrogen) atoms. The molecular weight excluding hydrogens is 410 g/mol. The summed E-state index contributed by atoms with van der Waals surface area (Å²) in [6, 6.07) is 28.2. The number of aromatic nitrogens is 2. The highest BCUT2D eigenvalue weighted by atomic mass is 16.5. The first kappa shape index (κ1) is 22.5. The lowest BCUT2D eigenvalue weighted by Crippen LogP contribution is -2.35. The molecule has 5 heteroatoms. The van der Waals surface area contributed by atoms with Crippen LogP contribution in [0.3, 0.4) is 0 Å². The van der Waals surface area contributed by atoms with Gasteiger partial charge in [0.05, 0.1) is 6.04 Å². The van der Waals surface area contributed by atoms with E-state index in [0.717, 1.165) is 23.1 Å². The molecule has 0 saturated heterocycles. The number of benzene rings is 3. The molecule has 0 saturated carbocycles. The minimum absolute atomic E-state index is 0.0473. The molecule has 1 aromatic heterocycles. The maximum absolute atomic E-state index is 13.3. The predicted molar refractivity (Wildman–Crippen MR) is 130 cm³/mol.